The molecule has 1 aliphatic heterocycles. The number of nitrogens with one attached hydrogen (secondary N) is 1. The minimum absolute atomic E-state index is 0.0954. The summed E-state index contributed by atoms with van der Waals surface area (Å²) in [5, 5.41) is 2.99. The number of hydrogen-bond acceptors (Lipinski definition) is 3. The maximum Gasteiger partial charge on any atom is 0.419 e. The van der Waals surface area contributed by atoms with Crippen molar-refractivity contribution in [3.8, 4) is 0 Å². The molecule has 1 aromatic heterocycles. The maximum absolute atomic E-state index is 13.8. The van der Waals surface area contributed by atoms with E-state index in [1.54, 1.807) is 41.6 Å². The van der Waals surface area contributed by atoms with Crippen LogP contribution in [0.25, 0.3) is 0 Å². The van der Waals surface area contributed by atoms with Crippen molar-refractivity contribution in [3.63, 3.8) is 0 Å². The fraction of sp³-hybridized carbons (Fsp3) is 0.208. The van der Waals surface area contributed by atoms with Gasteiger partial charge in [0.1, 0.15) is 5.82 Å². The molecule has 0 unspecified atom stereocenters. The Labute approximate surface area is 197 Å². The Bertz CT molecular complexity index is 1250. The van der Waals surface area contributed by atoms with Crippen molar-refractivity contribution in [1.82, 2.24) is 9.88 Å². The molecule has 2 aromatic carbocycles. The molecule has 176 valence electrons. The quantitative estimate of drug-likeness (QED) is 0.506. The number of fused-ring (bicyclic) bond motifs is 1. The highest BCUT2D eigenvalue weighted by Gasteiger charge is 2.34. The molecule has 10 heteroatoms. The molecule has 1 aliphatic rings. The van der Waals surface area contributed by atoms with Gasteiger partial charge in [-0.05, 0) is 53.4 Å². The molecule has 1 N–H and O–H groups in total. The summed E-state index contributed by atoms with van der Waals surface area (Å²) < 4.78 is 52.1. The molecule has 2 heterocycles. The van der Waals surface area contributed by atoms with E-state index in [-0.39, 0.29) is 17.9 Å². The molecule has 0 radical (unpaired) electrons. The van der Waals surface area contributed by atoms with Gasteiger partial charge in [0.2, 0.25) is 5.91 Å². The van der Waals surface area contributed by atoms with E-state index in [0.717, 1.165) is 17.2 Å². The molecular weight excluding hydrogens is 474 g/mol. The van der Waals surface area contributed by atoms with Crippen LogP contribution >= 0.6 is 11.6 Å². The van der Waals surface area contributed by atoms with E-state index >= 15 is 0 Å². The summed E-state index contributed by atoms with van der Waals surface area (Å²) in [5.41, 5.74) is 1.20. The first-order valence-corrected chi connectivity index (χ1v) is 10.7. The summed E-state index contributed by atoms with van der Waals surface area (Å²) in [6, 6.07) is 9.04. The topological polar surface area (TPSA) is 62.3 Å². The van der Waals surface area contributed by atoms with E-state index in [4.69, 9.17) is 11.6 Å². The predicted octanol–water partition coefficient (Wildman–Crippen LogP) is 5.27. The van der Waals surface area contributed by atoms with Crippen LogP contribution in [-0.4, -0.2) is 28.2 Å². The average molecular weight is 492 g/mol. The van der Waals surface area contributed by atoms with Crippen LogP contribution in [0.5, 0.6) is 0 Å². The molecule has 0 bridgehead atoms. The van der Waals surface area contributed by atoms with Crippen molar-refractivity contribution in [2.45, 2.75) is 25.6 Å². The number of alkyl halides is 3. The minimum atomic E-state index is -4.81. The fourth-order valence-corrected chi connectivity index (χ4v) is 4.10. The number of hydrogen-bond donors (Lipinski definition) is 1. The van der Waals surface area contributed by atoms with Crippen molar-refractivity contribution in [1.29, 1.82) is 0 Å². The van der Waals surface area contributed by atoms with Gasteiger partial charge in [0.25, 0.3) is 5.91 Å². The molecule has 34 heavy (non-hydrogen) atoms. The predicted molar refractivity (Wildman–Crippen MR) is 118 cm³/mol. The summed E-state index contributed by atoms with van der Waals surface area (Å²) >= 11 is 6.31. The van der Waals surface area contributed by atoms with E-state index in [2.05, 4.69) is 10.3 Å². The van der Waals surface area contributed by atoms with Gasteiger partial charge < -0.3 is 10.2 Å². The standard InChI is InChI=1S/C24H18ClF4N3O2/c25-19-4-2-16-13-32(23(34)15-5-8-30-9-6-15)10-7-17(16)22(19)31-21(33)12-14-1-3-18(20(26)11-14)24(27,28)29/h1-6,8-9,11H,7,10,12-13H2,(H,31,33). The first-order chi connectivity index (χ1) is 16.1. The molecule has 0 saturated carbocycles. The molecule has 3 aromatic rings. The lowest BCUT2D eigenvalue weighted by Gasteiger charge is -2.30. The van der Waals surface area contributed by atoms with Crippen LogP contribution in [0.15, 0.2) is 54.9 Å². The molecule has 0 atom stereocenters. The Kier molecular flexibility index (Phi) is 6.56. The number of benzene rings is 2. The second-order valence-corrected chi connectivity index (χ2v) is 8.22. The number of amides is 2. The zero-order valence-corrected chi connectivity index (χ0v) is 18.4. The summed E-state index contributed by atoms with van der Waals surface area (Å²) in [7, 11) is 0. The third-order valence-corrected chi connectivity index (χ3v) is 5.85. The van der Waals surface area contributed by atoms with E-state index in [0.29, 0.717) is 47.9 Å². The maximum atomic E-state index is 13.8. The van der Waals surface area contributed by atoms with Crippen molar-refractivity contribution >= 4 is 29.1 Å². The molecule has 5 nitrogen and oxygen atoms in total. The van der Waals surface area contributed by atoms with E-state index < -0.39 is 23.5 Å². The zero-order chi connectivity index (χ0) is 24.5. The highest BCUT2D eigenvalue weighted by Crippen LogP contribution is 2.34. The van der Waals surface area contributed by atoms with Crippen LogP contribution < -0.4 is 5.32 Å². The SMILES string of the molecule is O=C(Cc1ccc(C(F)(F)F)c(F)c1)Nc1c(Cl)ccc2c1CCN(C(=O)c1ccncc1)C2. The average Bonchev–Trinajstić information content (AvgIpc) is 2.80. The van der Waals surface area contributed by atoms with Crippen molar-refractivity contribution < 1.29 is 27.2 Å². The molecule has 0 aliphatic carbocycles. The number of pyridine rings is 1. The van der Waals surface area contributed by atoms with E-state index in [1.807, 2.05) is 0 Å². The number of rotatable bonds is 4. The summed E-state index contributed by atoms with van der Waals surface area (Å²) in [6.07, 6.45) is -1.62. The van der Waals surface area contributed by atoms with Gasteiger partial charge in [0.15, 0.2) is 0 Å². The Morgan fingerprint density at radius 1 is 1.09 bits per heavy atom. The van der Waals surface area contributed by atoms with Crippen LogP contribution in [0.4, 0.5) is 23.2 Å². The molecule has 4 rings (SSSR count). The van der Waals surface area contributed by atoms with E-state index in [1.165, 1.54) is 0 Å². The third kappa shape index (κ3) is 5.04. The Balaban J connectivity index is 1.49. The zero-order valence-electron chi connectivity index (χ0n) is 17.6. The summed E-state index contributed by atoms with van der Waals surface area (Å²) in [6.45, 7) is 0.724. The summed E-state index contributed by atoms with van der Waals surface area (Å²) in [5.74, 6) is -2.13. The lowest BCUT2D eigenvalue weighted by molar-refractivity contribution is -0.140. The normalized spacial score (nSPS) is 13.4. The van der Waals surface area contributed by atoms with Crippen molar-refractivity contribution in [2.24, 2.45) is 0 Å². The van der Waals surface area contributed by atoms with Crippen molar-refractivity contribution in [3.05, 3.63) is 93.5 Å². The van der Waals surface area contributed by atoms with Gasteiger partial charge >= 0.3 is 6.18 Å². The second kappa shape index (κ2) is 9.42. The largest absolute Gasteiger partial charge is 0.419 e. The van der Waals surface area contributed by atoms with Gasteiger partial charge in [-0.25, -0.2) is 4.39 Å². The Hall–Kier alpha value is -3.46. The van der Waals surface area contributed by atoms with Gasteiger partial charge in [0, 0.05) is 31.0 Å². The van der Waals surface area contributed by atoms with Gasteiger partial charge in [0.05, 0.1) is 22.7 Å². The minimum Gasteiger partial charge on any atom is -0.334 e. The van der Waals surface area contributed by atoms with Crippen LogP contribution in [0, 0.1) is 5.82 Å². The van der Waals surface area contributed by atoms with Gasteiger partial charge in [-0.1, -0.05) is 23.7 Å². The third-order valence-electron chi connectivity index (χ3n) is 5.53. The van der Waals surface area contributed by atoms with Gasteiger partial charge in [-0.3, -0.25) is 14.6 Å². The number of anilines is 1. The first kappa shape index (κ1) is 23.7. The molecule has 0 saturated heterocycles. The fourth-order valence-electron chi connectivity index (χ4n) is 3.88. The number of carbonyl (C=O) groups is 2. The van der Waals surface area contributed by atoms with Crippen LogP contribution in [0.2, 0.25) is 5.02 Å². The monoisotopic (exact) mass is 491 g/mol. The second-order valence-electron chi connectivity index (χ2n) is 7.81. The summed E-state index contributed by atoms with van der Waals surface area (Å²) in [4.78, 5) is 30.9. The highest BCUT2D eigenvalue weighted by molar-refractivity contribution is 6.34. The van der Waals surface area contributed by atoms with Crippen molar-refractivity contribution in [2.75, 3.05) is 11.9 Å². The Morgan fingerprint density at radius 3 is 2.50 bits per heavy atom. The molecule has 2 amide bonds. The molecule has 0 fully saturated rings. The number of halogens is 5. The van der Waals surface area contributed by atoms with Gasteiger partial charge in [-0.15, -0.1) is 0 Å². The van der Waals surface area contributed by atoms with Gasteiger partial charge in [-0.2, -0.15) is 13.2 Å². The van der Waals surface area contributed by atoms with E-state index in [9.17, 15) is 27.2 Å². The Morgan fingerprint density at radius 2 is 1.82 bits per heavy atom. The number of nitrogens with zero attached hydrogens (tertiary/aromatic N) is 2. The lowest BCUT2D eigenvalue weighted by Crippen LogP contribution is -2.36. The van der Waals surface area contributed by atoms with Crippen LogP contribution in [-0.2, 0) is 30.4 Å². The number of carbonyl (C=O) groups excluding carboxylic acids is 2. The molecule has 0 spiro atoms. The highest BCUT2D eigenvalue weighted by atomic mass is 35.5. The first-order valence-electron chi connectivity index (χ1n) is 10.3. The smallest absolute Gasteiger partial charge is 0.334 e. The number of aromatic nitrogens is 1. The van der Waals surface area contributed by atoms with Crippen LogP contribution in [0.3, 0.4) is 0 Å². The van der Waals surface area contributed by atoms with Crippen LogP contribution in [0.1, 0.15) is 32.6 Å². The lowest BCUT2D eigenvalue weighted by atomic mass is 9.97. The molecular formula is C24H18ClF4N3O2.